The van der Waals surface area contributed by atoms with E-state index in [-0.39, 0.29) is 5.91 Å². The summed E-state index contributed by atoms with van der Waals surface area (Å²) in [4.78, 5) is 16.7. The molecule has 1 aromatic rings. The van der Waals surface area contributed by atoms with Crippen LogP contribution in [0.3, 0.4) is 0 Å². The van der Waals surface area contributed by atoms with E-state index in [0.717, 1.165) is 50.5 Å². The van der Waals surface area contributed by atoms with Crippen molar-refractivity contribution >= 4 is 17.5 Å². The fourth-order valence-electron chi connectivity index (χ4n) is 2.43. The Labute approximate surface area is 125 Å². The highest BCUT2D eigenvalue weighted by Gasteiger charge is 2.19. The van der Waals surface area contributed by atoms with Crippen molar-refractivity contribution in [3.05, 3.63) is 29.8 Å². The highest BCUT2D eigenvalue weighted by molar-refractivity contribution is 6.18. The van der Waals surface area contributed by atoms with Crippen LogP contribution in [0.5, 0.6) is 5.75 Å². The predicted molar refractivity (Wildman–Crippen MR) is 80.7 cm³/mol. The summed E-state index contributed by atoms with van der Waals surface area (Å²) in [6.07, 6.45) is 0.999. The average Bonchev–Trinajstić information content (AvgIpc) is 2.73. The zero-order valence-corrected chi connectivity index (χ0v) is 12.6. The van der Waals surface area contributed by atoms with Crippen molar-refractivity contribution in [3.8, 4) is 5.75 Å². The number of ether oxygens (including phenoxy) is 1. The molecule has 4 nitrogen and oxygen atoms in total. The summed E-state index contributed by atoms with van der Waals surface area (Å²) in [5.41, 5.74) is 0.719. The van der Waals surface area contributed by atoms with Gasteiger partial charge in [-0.1, -0.05) is 0 Å². The monoisotopic (exact) mass is 296 g/mol. The van der Waals surface area contributed by atoms with Crippen LogP contribution in [0.2, 0.25) is 0 Å². The molecule has 0 N–H and O–H groups in total. The van der Waals surface area contributed by atoms with E-state index in [1.54, 1.807) is 7.11 Å². The third-order valence-electron chi connectivity index (χ3n) is 3.61. The van der Waals surface area contributed by atoms with Crippen molar-refractivity contribution < 1.29 is 9.53 Å². The Hall–Kier alpha value is -1.26. The normalized spacial score (nSPS) is 16.8. The molecule has 0 aliphatic carbocycles. The summed E-state index contributed by atoms with van der Waals surface area (Å²) >= 11 is 5.78. The molecule has 0 aromatic heterocycles. The third kappa shape index (κ3) is 3.87. The van der Waals surface area contributed by atoms with Gasteiger partial charge in [0.05, 0.1) is 7.11 Å². The Bertz CT molecular complexity index is 436. The van der Waals surface area contributed by atoms with Gasteiger partial charge in [0.2, 0.25) is 0 Å². The predicted octanol–water partition coefficient (Wildman–Crippen LogP) is 2.08. The molecule has 0 radical (unpaired) electrons. The van der Waals surface area contributed by atoms with Crippen LogP contribution < -0.4 is 4.74 Å². The Morgan fingerprint density at radius 2 is 1.95 bits per heavy atom. The van der Waals surface area contributed by atoms with Gasteiger partial charge in [0.15, 0.2) is 0 Å². The number of nitrogens with zero attached hydrogens (tertiary/aromatic N) is 2. The summed E-state index contributed by atoms with van der Waals surface area (Å²) in [6.45, 7) is 4.38. The van der Waals surface area contributed by atoms with Crippen LogP contribution in [-0.2, 0) is 0 Å². The lowest BCUT2D eigenvalue weighted by Gasteiger charge is -2.21. The SMILES string of the molecule is COc1ccc(C(=O)N2CCCN(CCCl)CC2)cc1. The minimum Gasteiger partial charge on any atom is -0.497 e. The van der Waals surface area contributed by atoms with Crippen molar-refractivity contribution in [2.45, 2.75) is 6.42 Å². The summed E-state index contributed by atoms with van der Waals surface area (Å²) < 4.78 is 5.11. The topological polar surface area (TPSA) is 32.8 Å². The number of carbonyl (C=O) groups excluding carboxylic acids is 1. The molecular weight excluding hydrogens is 276 g/mol. The van der Waals surface area contributed by atoms with Gasteiger partial charge < -0.3 is 14.5 Å². The second-order valence-corrected chi connectivity index (χ2v) is 5.28. The Balaban J connectivity index is 1.97. The van der Waals surface area contributed by atoms with Crippen LogP contribution in [0.1, 0.15) is 16.8 Å². The molecule has 110 valence electrons. The van der Waals surface area contributed by atoms with Gasteiger partial charge >= 0.3 is 0 Å². The molecule has 1 heterocycles. The van der Waals surface area contributed by atoms with E-state index in [9.17, 15) is 4.79 Å². The number of methoxy groups -OCH3 is 1. The van der Waals surface area contributed by atoms with Crippen molar-refractivity contribution in [3.63, 3.8) is 0 Å². The van der Waals surface area contributed by atoms with Crippen LogP contribution in [0, 0.1) is 0 Å². The number of halogens is 1. The molecule has 0 spiro atoms. The standard InChI is InChI=1S/C15H21ClN2O2/c1-20-14-5-3-13(4-6-14)15(19)18-9-2-8-17(10-7-16)11-12-18/h3-6H,2,7-12H2,1H3. The first-order valence-corrected chi connectivity index (χ1v) is 7.49. The van der Waals surface area contributed by atoms with Crippen LogP contribution in [0.15, 0.2) is 24.3 Å². The number of rotatable bonds is 4. The largest absolute Gasteiger partial charge is 0.497 e. The Kier molecular flexibility index (Phi) is 5.68. The summed E-state index contributed by atoms with van der Waals surface area (Å²) in [6, 6.07) is 7.29. The molecule has 1 aliphatic rings. The molecule has 2 rings (SSSR count). The molecule has 1 aromatic carbocycles. The second kappa shape index (κ2) is 7.50. The summed E-state index contributed by atoms with van der Waals surface area (Å²) in [7, 11) is 1.62. The first-order chi connectivity index (χ1) is 9.74. The molecule has 20 heavy (non-hydrogen) atoms. The molecule has 5 heteroatoms. The van der Waals surface area contributed by atoms with Gasteiger partial charge in [0, 0.05) is 37.6 Å². The number of alkyl halides is 1. The Morgan fingerprint density at radius 1 is 1.20 bits per heavy atom. The lowest BCUT2D eigenvalue weighted by atomic mass is 10.2. The van der Waals surface area contributed by atoms with Crippen molar-refractivity contribution in [1.82, 2.24) is 9.80 Å². The van der Waals surface area contributed by atoms with Crippen molar-refractivity contribution in [2.75, 3.05) is 45.7 Å². The maximum Gasteiger partial charge on any atom is 0.253 e. The van der Waals surface area contributed by atoms with Crippen LogP contribution in [0.25, 0.3) is 0 Å². The highest BCUT2D eigenvalue weighted by atomic mass is 35.5. The second-order valence-electron chi connectivity index (χ2n) is 4.90. The number of amides is 1. The minimum atomic E-state index is 0.0976. The molecular formula is C15H21ClN2O2. The zero-order chi connectivity index (χ0) is 14.4. The quantitative estimate of drug-likeness (QED) is 0.798. The average molecular weight is 297 g/mol. The first kappa shape index (κ1) is 15.1. The number of hydrogen-bond donors (Lipinski definition) is 0. The van der Waals surface area contributed by atoms with Gasteiger partial charge in [-0.25, -0.2) is 0 Å². The van der Waals surface area contributed by atoms with Gasteiger partial charge in [-0.3, -0.25) is 4.79 Å². The lowest BCUT2D eigenvalue weighted by Crippen LogP contribution is -2.35. The maximum atomic E-state index is 12.5. The van der Waals surface area contributed by atoms with Gasteiger partial charge in [-0.05, 0) is 37.2 Å². The minimum absolute atomic E-state index is 0.0976. The molecule has 1 aliphatic heterocycles. The van der Waals surface area contributed by atoms with Gasteiger partial charge in [-0.2, -0.15) is 0 Å². The van der Waals surface area contributed by atoms with Crippen molar-refractivity contribution in [1.29, 1.82) is 0 Å². The van der Waals surface area contributed by atoms with Gasteiger partial charge in [0.25, 0.3) is 5.91 Å². The zero-order valence-electron chi connectivity index (χ0n) is 11.8. The molecule has 0 bridgehead atoms. The van der Waals surface area contributed by atoms with E-state index in [0.29, 0.717) is 5.88 Å². The van der Waals surface area contributed by atoms with E-state index in [1.165, 1.54) is 0 Å². The van der Waals surface area contributed by atoms with Crippen LogP contribution >= 0.6 is 11.6 Å². The van der Waals surface area contributed by atoms with E-state index in [4.69, 9.17) is 16.3 Å². The fourth-order valence-corrected chi connectivity index (χ4v) is 2.67. The summed E-state index contributed by atoms with van der Waals surface area (Å²) in [5.74, 6) is 1.51. The van der Waals surface area contributed by atoms with Gasteiger partial charge in [-0.15, -0.1) is 11.6 Å². The van der Waals surface area contributed by atoms with E-state index < -0.39 is 0 Å². The van der Waals surface area contributed by atoms with Crippen LogP contribution in [0.4, 0.5) is 0 Å². The number of benzene rings is 1. The Morgan fingerprint density at radius 3 is 2.60 bits per heavy atom. The smallest absolute Gasteiger partial charge is 0.253 e. The van der Waals surface area contributed by atoms with Crippen molar-refractivity contribution in [2.24, 2.45) is 0 Å². The van der Waals surface area contributed by atoms with Gasteiger partial charge in [0.1, 0.15) is 5.75 Å². The fraction of sp³-hybridized carbons (Fsp3) is 0.533. The first-order valence-electron chi connectivity index (χ1n) is 6.96. The third-order valence-corrected chi connectivity index (χ3v) is 3.78. The molecule has 0 unspecified atom stereocenters. The molecule has 1 amide bonds. The number of carbonyl (C=O) groups is 1. The van der Waals surface area contributed by atoms with E-state index >= 15 is 0 Å². The molecule has 1 saturated heterocycles. The van der Waals surface area contributed by atoms with Crippen LogP contribution in [-0.4, -0.2) is 61.4 Å². The van der Waals surface area contributed by atoms with E-state index in [1.807, 2.05) is 29.2 Å². The molecule has 0 saturated carbocycles. The summed E-state index contributed by atoms with van der Waals surface area (Å²) in [5, 5.41) is 0. The lowest BCUT2D eigenvalue weighted by molar-refractivity contribution is 0.0762. The highest BCUT2D eigenvalue weighted by Crippen LogP contribution is 2.14. The molecule has 1 fully saturated rings. The molecule has 0 atom stereocenters. The maximum absolute atomic E-state index is 12.5. The van der Waals surface area contributed by atoms with E-state index in [2.05, 4.69) is 4.90 Å². The number of hydrogen-bond acceptors (Lipinski definition) is 3.